The molecule has 0 aromatic carbocycles. The quantitative estimate of drug-likeness (QED) is 0.377. The van der Waals surface area contributed by atoms with Crippen LogP contribution < -0.4 is 24.0 Å². The van der Waals surface area contributed by atoms with Crippen LogP contribution >= 0.6 is 11.6 Å². The zero-order valence-electron chi connectivity index (χ0n) is 8.19. The molecule has 72 valence electrons. The zero-order valence-corrected chi connectivity index (χ0v) is 8.95. The second kappa shape index (κ2) is 4.23. The van der Waals surface area contributed by atoms with Crippen LogP contribution in [0, 0.1) is 0 Å². The van der Waals surface area contributed by atoms with Crippen molar-refractivity contribution in [3.05, 3.63) is 23.2 Å². The molecule has 0 unspecified atom stereocenters. The number of carboxylic acid groups (broad SMARTS) is 1. The average Bonchev–Trinajstić information content (AvgIpc) is 2.46. The van der Waals surface area contributed by atoms with Crippen molar-refractivity contribution in [3.8, 4) is 0 Å². The summed E-state index contributed by atoms with van der Waals surface area (Å²) in [5.41, 5.74) is 0.506. The van der Waals surface area contributed by atoms with E-state index in [1.165, 1.54) is 17.0 Å². The van der Waals surface area contributed by atoms with Crippen molar-refractivity contribution in [2.75, 3.05) is 0 Å². The standard InChI is InChI=1S/C8H6ClN3O2.Li/c1-12-5(8(13)14)2-4-6(9)10-3-11-7(4)12;/h2-3H,1H3,(H,13,14);/q;+1/p-1. The third kappa shape index (κ3) is 1.86. The van der Waals surface area contributed by atoms with Crippen molar-refractivity contribution in [1.29, 1.82) is 0 Å². The number of carbonyl (C=O) groups excluding carboxylic acids is 1. The van der Waals surface area contributed by atoms with Gasteiger partial charge in [-0.25, -0.2) is 9.97 Å². The molecule has 0 aliphatic carbocycles. The number of carboxylic acids is 1. The van der Waals surface area contributed by atoms with Crippen LogP contribution in [0.2, 0.25) is 5.15 Å². The van der Waals surface area contributed by atoms with Gasteiger partial charge in [0.15, 0.2) is 0 Å². The number of fused-ring (bicyclic) bond motifs is 1. The van der Waals surface area contributed by atoms with Gasteiger partial charge in [-0.05, 0) is 6.07 Å². The Labute approximate surface area is 102 Å². The van der Waals surface area contributed by atoms with Crippen LogP contribution in [0.4, 0.5) is 0 Å². The van der Waals surface area contributed by atoms with Crippen LogP contribution in [0.3, 0.4) is 0 Å². The van der Waals surface area contributed by atoms with E-state index in [-0.39, 0.29) is 29.7 Å². The predicted molar refractivity (Wildman–Crippen MR) is 47.8 cm³/mol. The van der Waals surface area contributed by atoms with Gasteiger partial charge in [0.1, 0.15) is 17.1 Å². The molecule has 0 fully saturated rings. The molecule has 0 amide bonds. The van der Waals surface area contributed by atoms with E-state index in [1.54, 1.807) is 7.05 Å². The number of aromatic carboxylic acids is 1. The van der Waals surface area contributed by atoms with Crippen molar-refractivity contribution in [2.24, 2.45) is 7.05 Å². The maximum atomic E-state index is 10.7. The number of aromatic nitrogens is 3. The topological polar surface area (TPSA) is 70.8 Å². The van der Waals surface area contributed by atoms with Gasteiger partial charge in [0, 0.05) is 7.05 Å². The van der Waals surface area contributed by atoms with Gasteiger partial charge in [-0.1, -0.05) is 11.6 Å². The van der Waals surface area contributed by atoms with Gasteiger partial charge in [0.05, 0.1) is 17.0 Å². The summed E-state index contributed by atoms with van der Waals surface area (Å²) >= 11 is 5.77. The fourth-order valence-electron chi connectivity index (χ4n) is 1.30. The summed E-state index contributed by atoms with van der Waals surface area (Å²) < 4.78 is 1.40. The van der Waals surface area contributed by atoms with E-state index >= 15 is 0 Å². The first-order valence-electron chi connectivity index (χ1n) is 3.78. The zero-order chi connectivity index (χ0) is 10.3. The fraction of sp³-hybridized carbons (Fsp3) is 0.125. The molecule has 0 spiro atoms. The van der Waals surface area contributed by atoms with Gasteiger partial charge in [0.25, 0.3) is 0 Å². The van der Waals surface area contributed by atoms with Crippen molar-refractivity contribution < 1.29 is 28.8 Å². The molecule has 5 nitrogen and oxygen atoms in total. The van der Waals surface area contributed by atoms with Crippen LogP contribution in [0.25, 0.3) is 11.0 Å². The predicted octanol–water partition coefficient (Wildman–Crippen LogP) is -3.01. The molecular weight excluding hydrogens is 213 g/mol. The largest absolute Gasteiger partial charge is 1.00 e. The van der Waals surface area contributed by atoms with Crippen molar-refractivity contribution >= 4 is 28.6 Å². The van der Waals surface area contributed by atoms with Crippen LogP contribution in [0.5, 0.6) is 0 Å². The summed E-state index contributed by atoms with van der Waals surface area (Å²) in [5.74, 6) is -1.26. The number of nitrogens with zero attached hydrogens (tertiary/aromatic N) is 3. The molecule has 2 aromatic heterocycles. The van der Waals surface area contributed by atoms with E-state index in [2.05, 4.69) is 9.97 Å². The molecule has 0 saturated heterocycles. The molecule has 0 N–H and O–H groups in total. The number of hydrogen-bond donors (Lipinski definition) is 0. The minimum absolute atomic E-state index is 0. The SMILES string of the molecule is Cn1c(C(=O)[O-])cc2c(Cl)ncnc21.[Li+]. The summed E-state index contributed by atoms with van der Waals surface area (Å²) in [4.78, 5) is 18.3. The van der Waals surface area contributed by atoms with Gasteiger partial charge in [-0.3, -0.25) is 0 Å². The summed E-state index contributed by atoms with van der Waals surface area (Å²) in [6.45, 7) is 0. The van der Waals surface area contributed by atoms with E-state index in [9.17, 15) is 9.90 Å². The van der Waals surface area contributed by atoms with E-state index in [0.717, 1.165) is 0 Å². The maximum absolute atomic E-state index is 10.7. The average molecular weight is 218 g/mol. The molecule has 15 heavy (non-hydrogen) atoms. The first kappa shape index (κ1) is 12.0. The molecule has 2 rings (SSSR count). The second-order valence-corrected chi connectivity index (χ2v) is 3.14. The van der Waals surface area contributed by atoms with Gasteiger partial charge in [-0.15, -0.1) is 0 Å². The molecule has 0 saturated carbocycles. The Morgan fingerprint density at radius 1 is 1.53 bits per heavy atom. The summed E-state index contributed by atoms with van der Waals surface area (Å²) in [6.07, 6.45) is 1.28. The Balaban J connectivity index is 0.00000112. The summed E-state index contributed by atoms with van der Waals surface area (Å²) in [7, 11) is 1.58. The monoisotopic (exact) mass is 217 g/mol. The first-order chi connectivity index (χ1) is 6.61. The van der Waals surface area contributed by atoms with Gasteiger partial charge < -0.3 is 14.5 Å². The minimum Gasteiger partial charge on any atom is -0.543 e. The normalized spacial score (nSPS) is 10.0. The van der Waals surface area contributed by atoms with E-state index in [4.69, 9.17) is 11.6 Å². The van der Waals surface area contributed by atoms with Crippen molar-refractivity contribution in [1.82, 2.24) is 14.5 Å². The van der Waals surface area contributed by atoms with Gasteiger partial charge in [-0.2, -0.15) is 0 Å². The van der Waals surface area contributed by atoms with Crippen molar-refractivity contribution in [3.63, 3.8) is 0 Å². The molecule has 7 heteroatoms. The molecule has 0 aliphatic heterocycles. The third-order valence-electron chi connectivity index (χ3n) is 1.98. The van der Waals surface area contributed by atoms with E-state index in [0.29, 0.717) is 11.0 Å². The number of aryl methyl sites for hydroxylation is 1. The Hall–Kier alpha value is -1.02. The number of hydrogen-bond acceptors (Lipinski definition) is 4. The Morgan fingerprint density at radius 2 is 2.20 bits per heavy atom. The molecular formula is C8H5ClLiN3O2. The van der Waals surface area contributed by atoms with Crippen LogP contribution in [-0.4, -0.2) is 20.5 Å². The van der Waals surface area contributed by atoms with E-state index < -0.39 is 5.97 Å². The number of rotatable bonds is 1. The first-order valence-corrected chi connectivity index (χ1v) is 4.16. The maximum Gasteiger partial charge on any atom is 1.00 e. The second-order valence-electron chi connectivity index (χ2n) is 2.78. The van der Waals surface area contributed by atoms with Gasteiger partial charge in [0.2, 0.25) is 0 Å². The molecule has 2 aromatic rings. The summed E-state index contributed by atoms with van der Waals surface area (Å²) in [5, 5.41) is 11.4. The van der Waals surface area contributed by atoms with Crippen LogP contribution in [0.1, 0.15) is 10.5 Å². The fourth-order valence-corrected chi connectivity index (χ4v) is 1.48. The van der Waals surface area contributed by atoms with Gasteiger partial charge >= 0.3 is 18.9 Å². The van der Waals surface area contributed by atoms with Crippen LogP contribution in [-0.2, 0) is 7.05 Å². The summed E-state index contributed by atoms with van der Waals surface area (Å²) in [6, 6.07) is 1.40. The molecule has 0 bridgehead atoms. The third-order valence-corrected chi connectivity index (χ3v) is 2.28. The smallest absolute Gasteiger partial charge is 0.543 e. The Morgan fingerprint density at radius 3 is 2.73 bits per heavy atom. The minimum atomic E-state index is -1.26. The molecule has 2 heterocycles. The Bertz CT molecular complexity index is 526. The number of halogens is 1. The van der Waals surface area contributed by atoms with E-state index in [1.807, 2.05) is 0 Å². The van der Waals surface area contributed by atoms with Crippen LogP contribution in [0.15, 0.2) is 12.4 Å². The van der Waals surface area contributed by atoms with Crippen molar-refractivity contribution in [2.45, 2.75) is 0 Å². The molecule has 0 aliphatic rings. The number of carbonyl (C=O) groups is 1. The Kier molecular flexibility index (Phi) is 3.40. The molecule has 0 radical (unpaired) electrons. The molecule has 0 atom stereocenters.